The molecule has 0 saturated carbocycles. The number of hydrogen-bond acceptors (Lipinski definition) is 5. The van der Waals surface area contributed by atoms with Gasteiger partial charge in [-0.2, -0.15) is 13.2 Å². The molecule has 3 aromatic heterocycles. The number of hydrogen-bond donors (Lipinski definition) is 1. The van der Waals surface area contributed by atoms with Gasteiger partial charge in [0.1, 0.15) is 11.2 Å². The summed E-state index contributed by atoms with van der Waals surface area (Å²) in [7, 11) is 0.964. The Morgan fingerprint density at radius 2 is 1.93 bits per heavy atom. The molecular weight excluding hydrogens is 405 g/mol. The highest BCUT2D eigenvalue weighted by Gasteiger charge is 2.37. The van der Waals surface area contributed by atoms with Gasteiger partial charge in [0.15, 0.2) is 0 Å². The number of carbonyl (C=O) groups excluding carboxylic acids is 1. The van der Waals surface area contributed by atoms with E-state index >= 15 is 0 Å². The number of pyridine rings is 2. The summed E-state index contributed by atoms with van der Waals surface area (Å²) < 4.78 is 41.2. The van der Waals surface area contributed by atoms with Crippen LogP contribution in [-0.4, -0.2) is 36.4 Å². The first-order chi connectivity index (χ1) is 14.0. The molecule has 0 saturated heterocycles. The number of rotatable bonds is 5. The van der Waals surface area contributed by atoms with E-state index < -0.39 is 29.0 Å². The molecule has 0 fully saturated rings. The normalized spacial score (nSPS) is 11.8. The van der Waals surface area contributed by atoms with E-state index in [4.69, 9.17) is 0 Å². The second-order valence-corrected chi connectivity index (χ2v) is 6.62. The van der Waals surface area contributed by atoms with Gasteiger partial charge in [0.25, 0.3) is 5.91 Å². The zero-order valence-corrected chi connectivity index (χ0v) is 16.4. The van der Waals surface area contributed by atoms with Crippen molar-refractivity contribution in [3.8, 4) is 0 Å². The molecule has 9 nitrogen and oxygen atoms in total. The molecule has 0 bridgehead atoms. The van der Waals surface area contributed by atoms with Crippen molar-refractivity contribution in [1.82, 2.24) is 29.2 Å². The number of alkyl halides is 3. The molecule has 0 aliphatic heterocycles. The summed E-state index contributed by atoms with van der Waals surface area (Å²) in [5.74, 6) is -2.04. The SMILES string of the molecule is CCn1cc(C(=O)NCCn2nc(C(F)(F)F)n(C)c2=O)c(=O)c2ccc(C)nc21. The molecule has 1 amide bonds. The van der Waals surface area contributed by atoms with E-state index in [1.807, 2.05) is 6.92 Å². The maximum atomic E-state index is 12.8. The van der Waals surface area contributed by atoms with Gasteiger partial charge in [-0.25, -0.2) is 14.5 Å². The van der Waals surface area contributed by atoms with Crippen molar-refractivity contribution >= 4 is 16.9 Å². The van der Waals surface area contributed by atoms with E-state index in [-0.39, 0.29) is 24.0 Å². The summed E-state index contributed by atoms with van der Waals surface area (Å²) in [6.07, 6.45) is -3.38. The molecule has 0 aliphatic carbocycles. The van der Waals surface area contributed by atoms with E-state index in [0.29, 0.717) is 21.4 Å². The van der Waals surface area contributed by atoms with E-state index in [9.17, 15) is 27.6 Å². The van der Waals surface area contributed by atoms with Crippen LogP contribution in [-0.2, 0) is 26.3 Å². The summed E-state index contributed by atoms with van der Waals surface area (Å²) in [6.45, 7) is 3.61. The van der Waals surface area contributed by atoms with E-state index in [1.54, 1.807) is 23.6 Å². The monoisotopic (exact) mass is 424 g/mol. The van der Waals surface area contributed by atoms with Crippen molar-refractivity contribution in [2.75, 3.05) is 6.54 Å². The minimum atomic E-state index is -4.77. The third-order valence-electron chi connectivity index (χ3n) is 4.55. The van der Waals surface area contributed by atoms with Gasteiger partial charge in [0, 0.05) is 32.0 Å². The molecule has 0 radical (unpaired) electrons. The van der Waals surface area contributed by atoms with Crippen LogP contribution in [0, 0.1) is 6.92 Å². The van der Waals surface area contributed by atoms with Gasteiger partial charge in [-0.15, -0.1) is 5.10 Å². The maximum Gasteiger partial charge on any atom is 0.451 e. The summed E-state index contributed by atoms with van der Waals surface area (Å²) >= 11 is 0. The average Bonchev–Trinajstić information content (AvgIpc) is 2.97. The molecule has 0 aliphatic rings. The van der Waals surface area contributed by atoms with Crippen LogP contribution >= 0.6 is 0 Å². The largest absolute Gasteiger partial charge is 0.451 e. The predicted octanol–water partition coefficient (Wildman–Crippen LogP) is 1.07. The molecule has 0 atom stereocenters. The zero-order chi connectivity index (χ0) is 22.2. The van der Waals surface area contributed by atoms with Crippen molar-refractivity contribution in [3.05, 3.63) is 56.1 Å². The van der Waals surface area contributed by atoms with Crippen LogP contribution in [0.15, 0.2) is 27.9 Å². The Hall–Kier alpha value is -3.44. The van der Waals surface area contributed by atoms with Gasteiger partial charge >= 0.3 is 11.9 Å². The number of nitrogens with one attached hydrogen (secondary N) is 1. The van der Waals surface area contributed by atoms with Gasteiger partial charge in [-0.1, -0.05) is 0 Å². The molecule has 3 rings (SSSR count). The Balaban J connectivity index is 1.82. The van der Waals surface area contributed by atoms with Crippen molar-refractivity contribution in [3.63, 3.8) is 0 Å². The summed E-state index contributed by atoms with van der Waals surface area (Å²) in [4.78, 5) is 41.4. The summed E-state index contributed by atoms with van der Waals surface area (Å²) in [6, 6.07) is 3.26. The molecule has 0 aromatic carbocycles. The molecular formula is C18H19F3N6O3. The fourth-order valence-corrected chi connectivity index (χ4v) is 3.01. The fourth-order valence-electron chi connectivity index (χ4n) is 3.01. The molecule has 3 aromatic rings. The fraction of sp³-hybridized carbons (Fsp3) is 0.389. The van der Waals surface area contributed by atoms with Crippen LogP contribution in [0.4, 0.5) is 13.2 Å². The molecule has 0 spiro atoms. The number of aromatic nitrogens is 5. The Labute approximate surface area is 167 Å². The van der Waals surface area contributed by atoms with Gasteiger partial charge in [0.05, 0.1) is 11.9 Å². The summed E-state index contributed by atoms with van der Waals surface area (Å²) in [5.41, 5.74) is -0.412. The minimum absolute atomic E-state index is 0.126. The van der Waals surface area contributed by atoms with Crippen molar-refractivity contribution in [2.24, 2.45) is 7.05 Å². The molecule has 30 heavy (non-hydrogen) atoms. The van der Waals surface area contributed by atoms with E-state index in [1.165, 1.54) is 6.20 Å². The summed E-state index contributed by atoms with van der Waals surface area (Å²) in [5, 5.41) is 5.99. The lowest BCUT2D eigenvalue weighted by atomic mass is 10.1. The van der Waals surface area contributed by atoms with Crippen molar-refractivity contribution in [2.45, 2.75) is 33.1 Å². The Morgan fingerprint density at radius 1 is 1.23 bits per heavy atom. The van der Waals surface area contributed by atoms with Gasteiger partial charge in [-0.05, 0) is 26.0 Å². The van der Waals surface area contributed by atoms with Crippen molar-refractivity contribution in [1.29, 1.82) is 0 Å². The Kier molecular flexibility index (Phi) is 5.51. The van der Waals surface area contributed by atoms with Crippen LogP contribution < -0.4 is 16.4 Å². The number of amides is 1. The highest BCUT2D eigenvalue weighted by atomic mass is 19.4. The number of nitrogens with zero attached hydrogens (tertiary/aromatic N) is 5. The van der Waals surface area contributed by atoms with Crippen LogP contribution in [0.1, 0.15) is 28.8 Å². The average molecular weight is 424 g/mol. The number of aryl methyl sites for hydroxylation is 2. The first-order valence-electron chi connectivity index (χ1n) is 9.04. The quantitative estimate of drug-likeness (QED) is 0.660. The number of halogens is 3. The first kappa shape index (κ1) is 21.3. The molecule has 3 heterocycles. The van der Waals surface area contributed by atoms with Crippen LogP contribution in [0.2, 0.25) is 0 Å². The third-order valence-corrected chi connectivity index (χ3v) is 4.55. The molecule has 0 unspecified atom stereocenters. The van der Waals surface area contributed by atoms with Crippen molar-refractivity contribution < 1.29 is 18.0 Å². The Morgan fingerprint density at radius 3 is 2.53 bits per heavy atom. The zero-order valence-electron chi connectivity index (χ0n) is 16.4. The number of carbonyl (C=O) groups is 1. The molecule has 12 heteroatoms. The Bertz CT molecular complexity index is 1240. The van der Waals surface area contributed by atoms with E-state index in [0.717, 1.165) is 12.7 Å². The third kappa shape index (κ3) is 3.84. The van der Waals surface area contributed by atoms with Crippen LogP contribution in [0.25, 0.3) is 11.0 Å². The maximum absolute atomic E-state index is 12.8. The van der Waals surface area contributed by atoms with Gasteiger partial charge in [0.2, 0.25) is 11.3 Å². The lowest BCUT2D eigenvalue weighted by molar-refractivity contribution is -0.147. The smallest absolute Gasteiger partial charge is 0.350 e. The highest BCUT2D eigenvalue weighted by Crippen LogP contribution is 2.25. The first-order valence-corrected chi connectivity index (χ1v) is 9.04. The second-order valence-electron chi connectivity index (χ2n) is 6.62. The lowest BCUT2D eigenvalue weighted by Crippen LogP contribution is -2.34. The van der Waals surface area contributed by atoms with E-state index in [2.05, 4.69) is 15.4 Å². The second kappa shape index (κ2) is 7.76. The van der Waals surface area contributed by atoms with Gasteiger partial charge < -0.3 is 9.88 Å². The van der Waals surface area contributed by atoms with Crippen LogP contribution in [0.5, 0.6) is 0 Å². The van der Waals surface area contributed by atoms with Crippen LogP contribution in [0.3, 0.4) is 0 Å². The standard InChI is InChI=1S/C18H19F3N6O3/c1-4-26-9-12(13(28)11-6-5-10(2)23-14(11)26)15(29)22-7-8-27-17(30)25(3)16(24-27)18(19,20)21/h5-6,9H,4,7-8H2,1-3H3,(H,22,29). The predicted molar refractivity (Wildman–Crippen MR) is 101 cm³/mol. The lowest BCUT2D eigenvalue weighted by Gasteiger charge is -2.11. The minimum Gasteiger partial charge on any atom is -0.350 e. The number of fused-ring (bicyclic) bond motifs is 1. The van der Waals surface area contributed by atoms with Gasteiger partial charge in [-0.3, -0.25) is 14.2 Å². The molecule has 1 N–H and O–H groups in total. The molecule has 160 valence electrons. The highest BCUT2D eigenvalue weighted by molar-refractivity contribution is 5.96. The topological polar surface area (TPSA) is 104 Å².